The quantitative estimate of drug-likeness (QED) is 0.779. The van der Waals surface area contributed by atoms with Crippen molar-refractivity contribution in [2.24, 2.45) is 0 Å². The third-order valence-electron chi connectivity index (χ3n) is 3.59. The molecule has 1 aromatic carbocycles. The number of aromatic nitrogens is 2. The molecule has 1 unspecified atom stereocenters. The highest BCUT2D eigenvalue weighted by Gasteiger charge is 2.08. The van der Waals surface area contributed by atoms with Crippen molar-refractivity contribution in [1.29, 1.82) is 0 Å². The van der Waals surface area contributed by atoms with E-state index in [1.54, 1.807) is 6.20 Å². The van der Waals surface area contributed by atoms with E-state index >= 15 is 0 Å². The summed E-state index contributed by atoms with van der Waals surface area (Å²) in [5.74, 6) is 0. The van der Waals surface area contributed by atoms with Crippen LogP contribution in [0.1, 0.15) is 17.7 Å². The first-order chi connectivity index (χ1) is 10.3. The zero-order valence-corrected chi connectivity index (χ0v) is 11.8. The Morgan fingerprint density at radius 1 is 1.00 bits per heavy atom. The van der Waals surface area contributed by atoms with Crippen LogP contribution in [-0.4, -0.2) is 21.2 Å². The van der Waals surface area contributed by atoms with Crippen molar-refractivity contribution in [3.05, 3.63) is 72.2 Å². The standard InChI is InChI=1S/C18H18N2O/c21-17(10-7-14-4-3-11-19-13-14)12-16-9-8-15-5-1-2-6-18(15)20-16/h1-6,8-9,11,13,17,21H,7,10,12H2. The lowest BCUT2D eigenvalue weighted by Gasteiger charge is -2.10. The number of para-hydroxylation sites is 1. The molecule has 0 aliphatic heterocycles. The summed E-state index contributed by atoms with van der Waals surface area (Å²) in [6.45, 7) is 0. The molecule has 0 saturated heterocycles. The molecule has 1 atom stereocenters. The molecule has 2 aromatic heterocycles. The van der Waals surface area contributed by atoms with Crippen molar-refractivity contribution in [2.45, 2.75) is 25.4 Å². The third-order valence-corrected chi connectivity index (χ3v) is 3.59. The average molecular weight is 278 g/mol. The Morgan fingerprint density at radius 3 is 2.76 bits per heavy atom. The average Bonchev–Trinajstić information content (AvgIpc) is 2.54. The molecular weight excluding hydrogens is 260 g/mol. The number of benzene rings is 1. The summed E-state index contributed by atoms with van der Waals surface area (Å²) in [4.78, 5) is 8.68. The maximum absolute atomic E-state index is 10.2. The highest BCUT2D eigenvalue weighted by molar-refractivity contribution is 5.78. The molecule has 3 heteroatoms. The summed E-state index contributed by atoms with van der Waals surface area (Å²) in [7, 11) is 0. The van der Waals surface area contributed by atoms with Gasteiger partial charge in [0.2, 0.25) is 0 Å². The second-order valence-electron chi connectivity index (χ2n) is 5.25. The van der Waals surface area contributed by atoms with Gasteiger partial charge in [0.1, 0.15) is 0 Å². The fraction of sp³-hybridized carbons (Fsp3) is 0.222. The van der Waals surface area contributed by atoms with Gasteiger partial charge in [-0.3, -0.25) is 9.97 Å². The van der Waals surface area contributed by atoms with Crippen molar-refractivity contribution >= 4 is 10.9 Å². The molecule has 0 aliphatic rings. The van der Waals surface area contributed by atoms with Gasteiger partial charge in [-0.1, -0.05) is 30.3 Å². The van der Waals surface area contributed by atoms with Crippen LogP contribution in [0.5, 0.6) is 0 Å². The smallest absolute Gasteiger partial charge is 0.0705 e. The molecule has 3 nitrogen and oxygen atoms in total. The molecule has 1 N–H and O–H groups in total. The largest absolute Gasteiger partial charge is 0.393 e. The Bertz CT molecular complexity index is 712. The SMILES string of the molecule is OC(CCc1cccnc1)Cc1ccc2ccccc2n1. The van der Waals surface area contributed by atoms with Gasteiger partial charge < -0.3 is 5.11 Å². The van der Waals surface area contributed by atoms with Crippen molar-refractivity contribution in [1.82, 2.24) is 9.97 Å². The van der Waals surface area contributed by atoms with Crippen LogP contribution in [0.2, 0.25) is 0 Å². The first-order valence-corrected chi connectivity index (χ1v) is 7.23. The number of aliphatic hydroxyl groups is 1. The molecule has 0 aliphatic carbocycles. The van der Waals surface area contributed by atoms with Crippen molar-refractivity contribution in [3.63, 3.8) is 0 Å². The van der Waals surface area contributed by atoms with Gasteiger partial charge in [0.15, 0.2) is 0 Å². The Kier molecular flexibility index (Phi) is 4.22. The molecule has 3 rings (SSSR count). The van der Waals surface area contributed by atoms with E-state index in [1.807, 2.05) is 48.7 Å². The van der Waals surface area contributed by atoms with Gasteiger partial charge in [-0.25, -0.2) is 0 Å². The van der Waals surface area contributed by atoms with Crippen LogP contribution >= 0.6 is 0 Å². The summed E-state index contributed by atoms with van der Waals surface area (Å²) in [6.07, 6.45) is 5.38. The van der Waals surface area contributed by atoms with Crippen LogP contribution in [0, 0.1) is 0 Å². The minimum absolute atomic E-state index is 0.376. The molecule has 2 heterocycles. The molecule has 3 aromatic rings. The van der Waals surface area contributed by atoms with Gasteiger partial charge >= 0.3 is 0 Å². The molecular formula is C18H18N2O. The number of rotatable bonds is 5. The van der Waals surface area contributed by atoms with Gasteiger partial charge in [-0.05, 0) is 36.6 Å². The van der Waals surface area contributed by atoms with E-state index in [4.69, 9.17) is 0 Å². The van der Waals surface area contributed by atoms with E-state index in [0.717, 1.165) is 35.0 Å². The molecule has 0 saturated carbocycles. The van der Waals surface area contributed by atoms with Crippen LogP contribution < -0.4 is 0 Å². The number of hydrogen-bond donors (Lipinski definition) is 1. The van der Waals surface area contributed by atoms with Gasteiger partial charge in [0.05, 0.1) is 11.6 Å². The molecule has 0 fully saturated rings. The summed E-state index contributed by atoms with van der Waals surface area (Å²) < 4.78 is 0. The van der Waals surface area contributed by atoms with Gasteiger partial charge in [0.25, 0.3) is 0 Å². The summed E-state index contributed by atoms with van der Waals surface area (Å²) in [6, 6.07) is 16.1. The Hall–Kier alpha value is -2.26. The van der Waals surface area contributed by atoms with Crippen LogP contribution in [0.15, 0.2) is 60.9 Å². The normalized spacial score (nSPS) is 12.4. The lowest BCUT2D eigenvalue weighted by molar-refractivity contribution is 0.164. The van der Waals surface area contributed by atoms with E-state index in [9.17, 15) is 5.11 Å². The zero-order chi connectivity index (χ0) is 14.5. The molecule has 0 bridgehead atoms. The minimum atomic E-state index is -0.376. The molecule has 106 valence electrons. The number of nitrogens with zero attached hydrogens (tertiary/aromatic N) is 2. The number of hydrogen-bond acceptors (Lipinski definition) is 3. The zero-order valence-electron chi connectivity index (χ0n) is 11.8. The predicted octanol–water partition coefficient (Wildman–Crippen LogP) is 3.17. The van der Waals surface area contributed by atoms with Crippen molar-refractivity contribution < 1.29 is 5.11 Å². The maximum atomic E-state index is 10.2. The second-order valence-corrected chi connectivity index (χ2v) is 5.25. The third kappa shape index (κ3) is 3.64. The van der Waals surface area contributed by atoms with E-state index in [1.165, 1.54) is 0 Å². The monoisotopic (exact) mass is 278 g/mol. The van der Waals surface area contributed by atoms with Gasteiger partial charge in [-0.2, -0.15) is 0 Å². The maximum Gasteiger partial charge on any atom is 0.0705 e. The fourth-order valence-electron chi connectivity index (χ4n) is 2.44. The summed E-state index contributed by atoms with van der Waals surface area (Å²) in [5, 5.41) is 11.3. The van der Waals surface area contributed by atoms with Crippen molar-refractivity contribution in [3.8, 4) is 0 Å². The van der Waals surface area contributed by atoms with E-state index < -0.39 is 0 Å². The highest BCUT2D eigenvalue weighted by Crippen LogP contribution is 2.14. The minimum Gasteiger partial charge on any atom is -0.393 e. The predicted molar refractivity (Wildman–Crippen MR) is 84.0 cm³/mol. The molecule has 0 spiro atoms. The number of aliphatic hydroxyl groups excluding tert-OH is 1. The Labute approximate surface area is 124 Å². The first-order valence-electron chi connectivity index (χ1n) is 7.23. The van der Waals surface area contributed by atoms with E-state index in [-0.39, 0.29) is 6.10 Å². The summed E-state index contributed by atoms with van der Waals surface area (Å²) >= 11 is 0. The topological polar surface area (TPSA) is 46.0 Å². The van der Waals surface area contributed by atoms with Crippen LogP contribution in [-0.2, 0) is 12.8 Å². The van der Waals surface area contributed by atoms with E-state index in [0.29, 0.717) is 6.42 Å². The fourth-order valence-corrected chi connectivity index (χ4v) is 2.44. The highest BCUT2D eigenvalue weighted by atomic mass is 16.3. The van der Waals surface area contributed by atoms with Gasteiger partial charge in [-0.15, -0.1) is 0 Å². The van der Waals surface area contributed by atoms with Crippen LogP contribution in [0.25, 0.3) is 10.9 Å². The van der Waals surface area contributed by atoms with Gasteiger partial charge in [0, 0.05) is 29.9 Å². The number of pyridine rings is 2. The first kappa shape index (κ1) is 13.7. The lowest BCUT2D eigenvalue weighted by atomic mass is 10.0. The number of aryl methyl sites for hydroxylation is 1. The molecule has 21 heavy (non-hydrogen) atoms. The van der Waals surface area contributed by atoms with E-state index in [2.05, 4.69) is 16.0 Å². The second kappa shape index (κ2) is 6.46. The summed E-state index contributed by atoms with van der Waals surface area (Å²) in [5.41, 5.74) is 3.07. The molecule has 0 amide bonds. The Morgan fingerprint density at radius 2 is 1.90 bits per heavy atom. The molecule has 0 radical (unpaired) electrons. The lowest BCUT2D eigenvalue weighted by Crippen LogP contribution is -2.12. The van der Waals surface area contributed by atoms with Crippen LogP contribution in [0.4, 0.5) is 0 Å². The Balaban J connectivity index is 1.62. The van der Waals surface area contributed by atoms with Crippen LogP contribution in [0.3, 0.4) is 0 Å². The number of fused-ring (bicyclic) bond motifs is 1. The van der Waals surface area contributed by atoms with Crippen molar-refractivity contribution in [2.75, 3.05) is 0 Å².